The molecular formula is C9H11N2S2+. The summed E-state index contributed by atoms with van der Waals surface area (Å²) < 4.78 is 3.45. The van der Waals surface area contributed by atoms with Gasteiger partial charge in [-0.15, -0.1) is 11.8 Å². The van der Waals surface area contributed by atoms with E-state index in [1.54, 1.807) is 23.1 Å². The molecule has 0 saturated carbocycles. The van der Waals surface area contributed by atoms with E-state index in [4.69, 9.17) is 0 Å². The molecule has 0 unspecified atom stereocenters. The van der Waals surface area contributed by atoms with Crippen molar-refractivity contribution >= 4 is 28.1 Å². The third kappa shape index (κ3) is 1.56. The molecule has 0 radical (unpaired) electrons. The molecule has 0 aliphatic carbocycles. The van der Waals surface area contributed by atoms with Gasteiger partial charge in [-0.2, -0.15) is 4.40 Å². The molecule has 68 valence electrons. The SMILES string of the molecule is CSc1c[n+]2c(C)cc(C)nc2s1. The predicted molar refractivity (Wildman–Crippen MR) is 56.5 cm³/mol. The van der Waals surface area contributed by atoms with Crippen LogP contribution in [0.1, 0.15) is 11.4 Å². The number of fused-ring (bicyclic) bond motifs is 1. The van der Waals surface area contributed by atoms with E-state index in [0.29, 0.717) is 0 Å². The largest absolute Gasteiger partial charge is 0.388 e. The van der Waals surface area contributed by atoms with Crippen molar-refractivity contribution in [3.8, 4) is 0 Å². The molecule has 0 fully saturated rings. The van der Waals surface area contributed by atoms with Crippen molar-refractivity contribution in [2.45, 2.75) is 18.1 Å². The molecule has 2 aromatic rings. The third-order valence-corrected chi connectivity index (χ3v) is 3.94. The summed E-state index contributed by atoms with van der Waals surface area (Å²) in [7, 11) is 0. The number of rotatable bonds is 1. The van der Waals surface area contributed by atoms with E-state index in [1.807, 2.05) is 6.92 Å². The van der Waals surface area contributed by atoms with Crippen LogP contribution in [0.4, 0.5) is 0 Å². The van der Waals surface area contributed by atoms with Gasteiger partial charge in [-0.25, -0.2) is 0 Å². The first kappa shape index (κ1) is 8.97. The van der Waals surface area contributed by atoms with Crippen LogP contribution < -0.4 is 4.40 Å². The lowest BCUT2D eigenvalue weighted by molar-refractivity contribution is -0.519. The second-order valence-corrected chi connectivity index (χ2v) is 5.06. The molecule has 2 nitrogen and oxygen atoms in total. The molecule has 0 aromatic carbocycles. The van der Waals surface area contributed by atoms with Gasteiger partial charge in [0, 0.05) is 13.0 Å². The maximum Gasteiger partial charge on any atom is 0.388 e. The maximum atomic E-state index is 4.47. The van der Waals surface area contributed by atoms with Gasteiger partial charge in [-0.1, -0.05) is 0 Å². The summed E-state index contributed by atoms with van der Waals surface area (Å²) >= 11 is 3.51. The van der Waals surface area contributed by atoms with Crippen LogP contribution in [0.3, 0.4) is 0 Å². The highest BCUT2D eigenvalue weighted by molar-refractivity contribution is 8.00. The molecule has 0 saturated heterocycles. The Hall–Kier alpha value is -0.610. The van der Waals surface area contributed by atoms with Gasteiger partial charge < -0.3 is 0 Å². The molecule has 4 heteroatoms. The van der Waals surface area contributed by atoms with E-state index in [0.717, 1.165) is 10.7 Å². The number of hydrogen-bond donors (Lipinski definition) is 0. The summed E-state index contributed by atoms with van der Waals surface area (Å²) in [6.07, 6.45) is 4.24. The van der Waals surface area contributed by atoms with Crippen LogP contribution >= 0.6 is 23.1 Å². The zero-order chi connectivity index (χ0) is 9.42. The molecule has 0 amide bonds. The van der Waals surface area contributed by atoms with E-state index in [1.165, 1.54) is 9.90 Å². The van der Waals surface area contributed by atoms with Crippen LogP contribution in [0.25, 0.3) is 4.96 Å². The van der Waals surface area contributed by atoms with E-state index < -0.39 is 0 Å². The first-order valence-corrected chi connectivity index (χ1v) is 6.08. The Kier molecular flexibility index (Phi) is 2.26. The van der Waals surface area contributed by atoms with Gasteiger partial charge in [-0.05, 0) is 29.5 Å². The number of nitrogens with zero attached hydrogens (tertiary/aromatic N) is 2. The Labute approximate surface area is 85.6 Å². The van der Waals surface area contributed by atoms with Crippen LogP contribution in [0.2, 0.25) is 0 Å². The summed E-state index contributed by atoms with van der Waals surface area (Å²) in [5.41, 5.74) is 2.34. The zero-order valence-electron chi connectivity index (χ0n) is 7.87. The van der Waals surface area contributed by atoms with Crippen LogP contribution in [0.5, 0.6) is 0 Å². The number of aromatic nitrogens is 2. The second-order valence-electron chi connectivity index (χ2n) is 2.95. The van der Waals surface area contributed by atoms with Crippen molar-refractivity contribution in [2.75, 3.05) is 6.26 Å². The molecule has 2 aromatic heterocycles. The fourth-order valence-corrected chi connectivity index (χ4v) is 2.90. The Balaban J connectivity index is 2.75. The van der Waals surface area contributed by atoms with Crippen molar-refractivity contribution in [3.05, 3.63) is 23.7 Å². The number of thioether (sulfide) groups is 1. The van der Waals surface area contributed by atoms with Crippen LogP contribution in [-0.2, 0) is 0 Å². The average Bonchev–Trinajstić information content (AvgIpc) is 2.47. The molecule has 0 spiro atoms. The lowest BCUT2D eigenvalue weighted by atomic mass is 10.3. The minimum atomic E-state index is 1.09. The Bertz CT molecular complexity index is 448. The van der Waals surface area contributed by atoms with Crippen molar-refractivity contribution in [1.29, 1.82) is 0 Å². The van der Waals surface area contributed by atoms with Crippen molar-refractivity contribution in [2.24, 2.45) is 0 Å². The summed E-state index contributed by atoms with van der Waals surface area (Å²) in [5.74, 6) is 0. The number of aryl methyl sites for hydroxylation is 2. The summed E-state index contributed by atoms with van der Waals surface area (Å²) in [6, 6.07) is 2.10. The van der Waals surface area contributed by atoms with Crippen LogP contribution in [-0.4, -0.2) is 11.2 Å². The van der Waals surface area contributed by atoms with Gasteiger partial charge >= 0.3 is 4.96 Å². The van der Waals surface area contributed by atoms with Crippen molar-refractivity contribution in [1.82, 2.24) is 4.98 Å². The minimum absolute atomic E-state index is 1.09. The Morgan fingerprint density at radius 3 is 2.92 bits per heavy atom. The van der Waals surface area contributed by atoms with Crippen molar-refractivity contribution in [3.63, 3.8) is 0 Å². The zero-order valence-corrected chi connectivity index (χ0v) is 9.50. The topological polar surface area (TPSA) is 17.0 Å². The van der Waals surface area contributed by atoms with Gasteiger partial charge in [0.05, 0.1) is 0 Å². The van der Waals surface area contributed by atoms with Crippen LogP contribution in [0.15, 0.2) is 16.5 Å². The molecule has 0 aliphatic rings. The minimum Gasteiger partial charge on any atom is -0.189 e. The highest BCUT2D eigenvalue weighted by atomic mass is 32.2. The Morgan fingerprint density at radius 2 is 2.23 bits per heavy atom. The molecule has 0 N–H and O–H groups in total. The average molecular weight is 211 g/mol. The quantitative estimate of drug-likeness (QED) is 0.531. The fourth-order valence-electron chi connectivity index (χ4n) is 1.30. The van der Waals surface area contributed by atoms with Gasteiger partial charge in [0.2, 0.25) is 0 Å². The monoisotopic (exact) mass is 211 g/mol. The first-order chi connectivity index (χ1) is 6.20. The van der Waals surface area contributed by atoms with Crippen LogP contribution in [0, 0.1) is 13.8 Å². The molecule has 0 bridgehead atoms. The number of thiazole rings is 1. The highest BCUT2D eigenvalue weighted by Crippen LogP contribution is 2.21. The van der Waals surface area contributed by atoms with Gasteiger partial charge in [-0.3, -0.25) is 0 Å². The molecule has 0 atom stereocenters. The fraction of sp³-hybridized carbons (Fsp3) is 0.333. The third-order valence-electron chi connectivity index (χ3n) is 1.90. The Morgan fingerprint density at radius 1 is 1.46 bits per heavy atom. The number of hydrogen-bond acceptors (Lipinski definition) is 3. The first-order valence-electron chi connectivity index (χ1n) is 4.04. The summed E-state index contributed by atoms with van der Waals surface area (Å²) in [5, 5.41) is 0. The predicted octanol–water partition coefficient (Wildman–Crippen LogP) is 2.22. The highest BCUT2D eigenvalue weighted by Gasteiger charge is 2.13. The smallest absolute Gasteiger partial charge is 0.189 e. The van der Waals surface area contributed by atoms with E-state index in [2.05, 4.69) is 34.8 Å². The molecule has 2 heterocycles. The van der Waals surface area contributed by atoms with Crippen molar-refractivity contribution < 1.29 is 4.40 Å². The van der Waals surface area contributed by atoms with Gasteiger partial charge in [0.15, 0.2) is 5.69 Å². The normalized spacial score (nSPS) is 11.0. The molecular weight excluding hydrogens is 200 g/mol. The molecule has 13 heavy (non-hydrogen) atoms. The lowest BCUT2D eigenvalue weighted by Gasteiger charge is -1.88. The lowest BCUT2D eigenvalue weighted by Crippen LogP contribution is -2.23. The van der Waals surface area contributed by atoms with Gasteiger partial charge in [0.1, 0.15) is 16.1 Å². The summed E-state index contributed by atoms with van der Waals surface area (Å²) in [4.78, 5) is 5.56. The second kappa shape index (κ2) is 3.27. The van der Waals surface area contributed by atoms with E-state index in [-0.39, 0.29) is 0 Å². The maximum absolute atomic E-state index is 4.47. The van der Waals surface area contributed by atoms with E-state index in [9.17, 15) is 0 Å². The molecule has 2 rings (SSSR count). The standard InChI is InChI=1S/C9H11N2S2/c1-6-4-7(2)11-5-8(12-3)13-9(11)10-6/h4-5H,1-3H3/q+1. The summed E-state index contributed by atoms with van der Waals surface area (Å²) in [6.45, 7) is 4.14. The molecule has 0 aliphatic heterocycles. The van der Waals surface area contributed by atoms with E-state index >= 15 is 0 Å². The van der Waals surface area contributed by atoms with Gasteiger partial charge in [0.25, 0.3) is 0 Å².